The molecule has 1 amide bonds. The molecule has 2 aromatic rings. The van der Waals surface area contributed by atoms with E-state index < -0.39 is 89.3 Å². The number of carbonyl (C=O) groups is 3. The third-order valence-corrected chi connectivity index (χ3v) is 16.0. The van der Waals surface area contributed by atoms with E-state index in [2.05, 4.69) is 17.5 Å². The summed E-state index contributed by atoms with van der Waals surface area (Å²) in [5.41, 5.74) is 1.39. The molecule has 4 aliphatic carbocycles. The highest BCUT2D eigenvalue weighted by Crippen LogP contribution is 2.74. The van der Waals surface area contributed by atoms with Gasteiger partial charge in [-0.25, -0.2) is 0 Å². The Labute approximate surface area is 407 Å². The number of aliphatic hydroxyl groups excluding tert-OH is 5. The number of rotatable bonds is 13. The summed E-state index contributed by atoms with van der Waals surface area (Å²) in [5.74, 6) is -2.79. The molecular formula is C55H64N2O13. The van der Waals surface area contributed by atoms with Gasteiger partial charge in [-0.1, -0.05) is 53.6 Å². The van der Waals surface area contributed by atoms with Gasteiger partial charge in [-0.05, 0) is 93.2 Å². The van der Waals surface area contributed by atoms with E-state index in [-0.39, 0.29) is 49.1 Å². The Balaban J connectivity index is 1.30. The Bertz CT molecular complexity index is 2770. The van der Waals surface area contributed by atoms with Gasteiger partial charge < -0.3 is 54.5 Å². The van der Waals surface area contributed by atoms with E-state index >= 15 is 4.79 Å². The van der Waals surface area contributed by atoms with Gasteiger partial charge in [0.1, 0.15) is 47.3 Å². The lowest BCUT2D eigenvalue weighted by molar-refractivity contribution is -0.277. The number of fused-ring (bicyclic) bond motifs is 6. The van der Waals surface area contributed by atoms with Crippen LogP contribution >= 0.6 is 0 Å². The SMILES string of the molecule is CC(C)=CCCC1(C)C=Cc2c(c(CC=C(C)C)c3c(c2O[C@@H]2O[C@H](CO)[C@@H](O)[C@H](O)[C@H]2O)C2=C4C(C5CC6C(C)(C)OC(C/C=C(/C)C(=O)NCCO)(C5=O)C46O3)C3C(=O)c4ccccc4C3=N2)O1. The van der Waals surface area contributed by atoms with E-state index in [4.69, 9.17) is 28.7 Å². The molecule has 7 unspecified atom stereocenters. The summed E-state index contributed by atoms with van der Waals surface area (Å²) < 4.78 is 35.3. The summed E-state index contributed by atoms with van der Waals surface area (Å²) in [6.45, 7) is 14.7. The second-order valence-corrected chi connectivity index (χ2v) is 21.5. The number of allylic oxidation sites excluding steroid dienone is 4. The van der Waals surface area contributed by atoms with Crippen LogP contribution in [0.5, 0.6) is 17.2 Å². The van der Waals surface area contributed by atoms with Gasteiger partial charge in [-0.15, -0.1) is 0 Å². The summed E-state index contributed by atoms with van der Waals surface area (Å²) in [5, 5.41) is 56.1. The van der Waals surface area contributed by atoms with E-state index in [1.807, 2.05) is 78.8 Å². The number of aliphatic imine (C=N–C) groups is 1. The highest BCUT2D eigenvalue weighted by molar-refractivity contribution is 6.31. The summed E-state index contributed by atoms with van der Waals surface area (Å²) in [6, 6.07) is 7.32. The minimum Gasteiger partial charge on any atom is -0.482 e. The van der Waals surface area contributed by atoms with Crippen LogP contribution in [0.15, 0.2) is 75.9 Å². The van der Waals surface area contributed by atoms with Crippen molar-refractivity contribution in [1.29, 1.82) is 0 Å². The standard InChI is InChI=1S/C55H64N2O13/c1-26(2)12-11-19-53(8)20-18-32-46(68-53)31(16-15-27(3)4)48-38(47(32)67-51-45(63)44(62)43(61)34(25-59)66-51)41-39-36(37-40(57-41)29-13-9-10-14-30(29)42(37)60)33-24-35-52(6,7)70-54(49(33)64,55(35,39)69-48)21-17-28(5)50(65)56-22-23-58/h9-10,12-15,17-18,20,33-37,43-45,51,58-59,61-63H,11,16,19,21-25H2,1-8H3,(H,56,65)/b28-17-/t33?,34-,35?,36?,37?,43-,44+,45-,51+,53?,54?,55?/m1/s1. The molecule has 2 aromatic carbocycles. The molecule has 15 heteroatoms. The highest BCUT2D eigenvalue weighted by atomic mass is 16.7. The second-order valence-electron chi connectivity index (χ2n) is 21.5. The van der Waals surface area contributed by atoms with Crippen LogP contribution < -0.4 is 19.5 Å². The van der Waals surface area contributed by atoms with Crippen LogP contribution in [-0.2, 0) is 25.5 Å². The molecule has 0 aromatic heterocycles. The van der Waals surface area contributed by atoms with Gasteiger partial charge in [0, 0.05) is 58.6 Å². The molecule has 0 radical (unpaired) electrons. The van der Waals surface area contributed by atoms with Crippen molar-refractivity contribution in [1.82, 2.24) is 5.32 Å². The largest absolute Gasteiger partial charge is 0.482 e. The number of hydrogen-bond acceptors (Lipinski definition) is 14. The van der Waals surface area contributed by atoms with Gasteiger partial charge in [0.2, 0.25) is 12.2 Å². The fourth-order valence-electron chi connectivity index (χ4n) is 12.7. The first kappa shape index (κ1) is 48.4. The predicted molar refractivity (Wildman–Crippen MR) is 258 cm³/mol. The number of nitrogens with one attached hydrogen (secondary N) is 1. The zero-order chi connectivity index (χ0) is 50.0. The molecule has 70 heavy (non-hydrogen) atoms. The van der Waals surface area contributed by atoms with Crippen LogP contribution in [0, 0.1) is 23.7 Å². The number of aliphatic hydroxyl groups is 5. The van der Waals surface area contributed by atoms with Crippen molar-refractivity contribution in [3.63, 3.8) is 0 Å². The number of ketones is 2. The lowest BCUT2D eigenvalue weighted by atomic mass is 9.43. The molecule has 15 nitrogen and oxygen atoms in total. The molecule has 11 rings (SSSR count). The Hall–Kier alpha value is -5.26. The molecule has 2 saturated heterocycles. The van der Waals surface area contributed by atoms with Gasteiger partial charge in [-0.3, -0.25) is 19.4 Å². The number of Topliss-reactive ketones (excluding diaryl/α,β-unsaturated/α-hetero) is 2. The average molecular weight is 961 g/mol. The quantitative estimate of drug-likeness (QED) is 0.111. The third-order valence-electron chi connectivity index (χ3n) is 16.0. The molecule has 5 heterocycles. The molecule has 372 valence electrons. The summed E-state index contributed by atoms with van der Waals surface area (Å²) in [4.78, 5) is 49.8. The van der Waals surface area contributed by atoms with Gasteiger partial charge in [-0.2, -0.15) is 0 Å². The predicted octanol–water partition coefficient (Wildman–Crippen LogP) is 5.27. The van der Waals surface area contributed by atoms with E-state index in [1.165, 1.54) is 0 Å². The molecule has 4 bridgehead atoms. The smallest absolute Gasteiger partial charge is 0.246 e. The zero-order valence-corrected chi connectivity index (χ0v) is 41.0. The first-order valence-corrected chi connectivity index (χ1v) is 24.6. The maximum atomic E-state index is 16.0. The maximum absolute atomic E-state index is 16.0. The molecule has 3 saturated carbocycles. The molecule has 5 fully saturated rings. The summed E-state index contributed by atoms with van der Waals surface area (Å²) in [7, 11) is 0. The number of nitrogens with zero attached hydrogens (tertiary/aromatic N) is 1. The van der Waals surface area contributed by atoms with Gasteiger partial charge in [0.25, 0.3) is 0 Å². The minimum absolute atomic E-state index is 0.0409. The van der Waals surface area contributed by atoms with Crippen molar-refractivity contribution in [3.05, 3.63) is 98.7 Å². The number of hydrogen-bond donors (Lipinski definition) is 6. The van der Waals surface area contributed by atoms with Crippen molar-refractivity contribution in [2.24, 2.45) is 28.7 Å². The van der Waals surface area contributed by atoms with Crippen LogP contribution in [0.2, 0.25) is 0 Å². The molecular weight excluding hydrogens is 897 g/mol. The van der Waals surface area contributed by atoms with E-state index in [9.17, 15) is 35.1 Å². The van der Waals surface area contributed by atoms with Crippen molar-refractivity contribution in [2.45, 2.75) is 141 Å². The third kappa shape index (κ3) is 7.01. The second kappa shape index (κ2) is 17.2. The maximum Gasteiger partial charge on any atom is 0.246 e. The van der Waals surface area contributed by atoms with Crippen LogP contribution in [0.25, 0.3) is 11.8 Å². The highest BCUT2D eigenvalue weighted by Gasteiger charge is 2.84. The number of ether oxygens (including phenoxy) is 5. The monoisotopic (exact) mass is 960 g/mol. The Morgan fingerprint density at radius 2 is 1.66 bits per heavy atom. The minimum atomic E-state index is -1.79. The van der Waals surface area contributed by atoms with Gasteiger partial charge >= 0.3 is 0 Å². The van der Waals surface area contributed by atoms with Crippen molar-refractivity contribution in [2.75, 3.05) is 19.8 Å². The van der Waals surface area contributed by atoms with Crippen LogP contribution in [-0.4, -0.2) is 122 Å². The molecule has 12 atom stereocenters. The molecule has 6 N–H and O–H groups in total. The number of benzene rings is 2. The first-order valence-electron chi connectivity index (χ1n) is 24.6. The lowest BCUT2D eigenvalue weighted by Gasteiger charge is -2.62. The molecule has 5 aliphatic heterocycles. The lowest BCUT2D eigenvalue weighted by Crippen LogP contribution is -2.75. The normalized spacial score (nSPS) is 34.6. The summed E-state index contributed by atoms with van der Waals surface area (Å²) >= 11 is 0. The van der Waals surface area contributed by atoms with Gasteiger partial charge in [0.15, 0.2) is 22.8 Å². The van der Waals surface area contributed by atoms with Crippen molar-refractivity contribution in [3.8, 4) is 17.2 Å². The molecule has 9 aliphatic rings. The van der Waals surface area contributed by atoms with Crippen molar-refractivity contribution < 1.29 is 63.6 Å². The fraction of sp³-hybridized carbons (Fsp3) is 0.527. The van der Waals surface area contributed by atoms with E-state index in [0.29, 0.717) is 75.4 Å². The van der Waals surface area contributed by atoms with Crippen molar-refractivity contribution >= 4 is 35.0 Å². The first-order chi connectivity index (χ1) is 33.2. The Morgan fingerprint density at radius 3 is 2.36 bits per heavy atom. The van der Waals surface area contributed by atoms with E-state index in [0.717, 1.165) is 11.1 Å². The Kier molecular flexibility index (Phi) is 11.9. The zero-order valence-electron chi connectivity index (χ0n) is 41.0. The topological polar surface area (TPSA) is 223 Å². The number of amides is 1. The fourth-order valence-corrected chi connectivity index (χ4v) is 12.7. The Morgan fingerprint density at radius 1 is 0.929 bits per heavy atom. The van der Waals surface area contributed by atoms with Crippen LogP contribution in [0.3, 0.4) is 0 Å². The van der Waals surface area contributed by atoms with Crippen LogP contribution in [0.1, 0.15) is 114 Å². The number of carbonyl (C=O) groups excluding carboxylic acids is 3. The van der Waals surface area contributed by atoms with E-state index in [1.54, 1.807) is 19.1 Å². The summed E-state index contributed by atoms with van der Waals surface area (Å²) in [6.07, 6.45) is 3.50. The van der Waals surface area contributed by atoms with Crippen LogP contribution in [0.4, 0.5) is 0 Å². The average Bonchev–Trinajstić information content (AvgIpc) is 3.68. The van der Waals surface area contributed by atoms with Gasteiger partial charge in [0.05, 0.1) is 47.3 Å². The molecule has 1 spiro atoms.